The lowest BCUT2D eigenvalue weighted by atomic mass is 10.3. The number of benzene rings is 1. The normalized spacial score (nSPS) is 11.6. The number of rotatable bonds is 9. The van der Waals surface area contributed by atoms with Crippen molar-refractivity contribution in [3.05, 3.63) is 30.1 Å². The molecule has 1 rings (SSSR count). The van der Waals surface area contributed by atoms with Crippen molar-refractivity contribution in [3.8, 4) is 0 Å². The summed E-state index contributed by atoms with van der Waals surface area (Å²) in [6, 6.07) is 5.69. The average Bonchev–Trinajstić information content (AvgIpc) is 2.39. The highest BCUT2D eigenvalue weighted by Crippen LogP contribution is 2.19. The molecule has 0 amide bonds. The molecule has 0 aliphatic heterocycles. The third-order valence-corrected chi connectivity index (χ3v) is 4.92. The van der Waals surface area contributed by atoms with E-state index in [0.29, 0.717) is 18.7 Å². The Morgan fingerprint density at radius 3 is 2.60 bits per heavy atom. The lowest BCUT2D eigenvalue weighted by molar-refractivity contribution is 0.584. The van der Waals surface area contributed by atoms with E-state index in [1.54, 1.807) is 13.0 Å². The second-order valence-corrected chi connectivity index (χ2v) is 6.53. The Morgan fingerprint density at radius 2 is 2.00 bits per heavy atom. The Hall–Kier alpha value is -1.14. The van der Waals surface area contributed by atoms with Gasteiger partial charge in [-0.05, 0) is 51.1 Å². The molecule has 20 heavy (non-hydrogen) atoms. The van der Waals surface area contributed by atoms with Crippen LogP contribution in [0.15, 0.2) is 24.3 Å². The van der Waals surface area contributed by atoms with Gasteiger partial charge in [0.1, 0.15) is 5.82 Å². The van der Waals surface area contributed by atoms with Crippen molar-refractivity contribution in [2.45, 2.75) is 26.7 Å². The first-order chi connectivity index (χ1) is 9.51. The van der Waals surface area contributed by atoms with E-state index >= 15 is 0 Å². The number of halogens is 1. The third-order valence-electron chi connectivity index (χ3n) is 2.98. The van der Waals surface area contributed by atoms with E-state index in [1.165, 1.54) is 22.5 Å². The van der Waals surface area contributed by atoms with Gasteiger partial charge in [-0.15, -0.1) is 0 Å². The van der Waals surface area contributed by atoms with Gasteiger partial charge >= 0.3 is 0 Å². The predicted octanol–water partition coefficient (Wildman–Crippen LogP) is 2.37. The van der Waals surface area contributed by atoms with Gasteiger partial charge in [0.2, 0.25) is 10.0 Å². The van der Waals surface area contributed by atoms with Crippen LogP contribution in [0.2, 0.25) is 0 Å². The number of nitrogens with one attached hydrogen (secondary N) is 1. The largest absolute Gasteiger partial charge is 0.317 e. The fourth-order valence-electron chi connectivity index (χ4n) is 1.99. The Balaban J connectivity index is 2.68. The first-order valence-electron chi connectivity index (χ1n) is 6.98. The van der Waals surface area contributed by atoms with Gasteiger partial charge in [-0.1, -0.05) is 13.0 Å². The van der Waals surface area contributed by atoms with Gasteiger partial charge in [-0.2, -0.15) is 0 Å². The van der Waals surface area contributed by atoms with Crippen LogP contribution in [-0.2, 0) is 10.0 Å². The van der Waals surface area contributed by atoms with E-state index in [4.69, 9.17) is 0 Å². The lowest BCUT2D eigenvalue weighted by Crippen LogP contribution is -2.33. The quantitative estimate of drug-likeness (QED) is 0.713. The molecule has 0 saturated carbocycles. The first kappa shape index (κ1) is 16.9. The van der Waals surface area contributed by atoms with Crippen LogP contribution in [0.1, 0.15) is 26.7 Å². The van der Waals surface area contributed by atoms with Gasteiger partial charge in [0.25, 0.3) is 0 Å². The number of nitrogens with zero attached hydrogens (tertiary/aromatic N) is 1. The van der Waals surface area contributed by atoms with E-state index in [0.717, 1.165) is 19.5 Å². The molecule has 0 atom stereocenters. The number of sulfonamides is 1. The standard InChI is InChI=1S/C14H23FN2O2S/c1-3-16-10-5-6-11-20(18,19)17(4-2)14-9-7-8-13(15)12-14/h7-9,12,16H,3-6,10-11H2,1-2H3. The Bertz CT molecular complexity index is 506. The zero-order valence-corrected chi connectivity index (χ0v) is 12.9. The topological polar surface area (TPSA) is 49.4 Å². The minimum absolute atomic E-state index is 0.0861. The van der Waals surface area contributed by atoms with Gasteiger partial charge in [0.15, 0.2) is 0 Å². The molecule has 1 N–H and O–H groups in total. The van der Waals surface area contributed by atoms with Gasteiger partial charge < -0.3 is 5.32 Å². The van der Waals surface area contributed by atoms with E-state index in [1.807, 2.05) is 6.92 Å². The van der Waals surface area contributed by atoms with Crippen LogP contribution in [0.25, 0.3) is 0 Å². The van der Waals surface area contributed by atoms with Gasteiger partial charge in [0.05, 0.1) is 11.4 Å². The Morgan fingerprint density at radius 1 is 1.25 bits per heavy atom. The molecule has 0 radical (unpaired) electrons. The van der Waals surface area contributed by atoms with Crippen molar-refractivity contribution in [2.75, 3.05) is 29.7 Å². The molecule has 1 aromatic carbocycles. The van der Waals surface area contributed by atoms with E-state index in [2.05, 4.69) is 5.32 Å². The number of hydrogen-bond acceptors (Lipinski definition) is 3. The van der Waals surface area contributed by atoms with Crippen molar-refractivity contribution >= 4 is 15.7 Å². The van der Waals surface area contributed by atoms with Gasteiger partial charge in [-0.25, -0.2) is 12.8 Å². The summed E-state index contributed by atoms with van der Waals surface area (Å²) in [5, 5.41) is 3.16. The number of unbranched alkanes of at least 4 members (excludes halogenated alkanes) is 1. The molecule has 6 heteroatoms. The molecule has 0 fully saturated rings. The summed E-state index contributed by atoms with van der Waals surface area (Å²) >= 11 is 0. The maximum atomic E-state index is 13.2. The molecule has 0 bridgehead atoms. The molecule has 4 nitrogen and oxygen atoms in total. The van der Waals surface area contributed by atoms with Crippen LogP contribution < -0.4 is 9.62 Å². The predicted molar refractivity (Wildman–Crippen MR) is 81.0 cm³/mol. The van der Waals surface area contributed by atoms with E-state index < -0.39 is 15.8 Å². The summed E-state index contributed by atoms with van der Waals surface area (Å²) in [5.74, 6) is -0.341. The second-order valence-electron chi connectivity index (χ2n) is 4.52. The molecule has 0 saturated heterocycles. The highest BCUT2D eigenvalue weighted by molar-refractivity contribution is 7.92. The van der Waals surface area contributed by atoms with E-state index in [-0.39, 0.29) is 5.75 Å². The SMILES string of the molecule is CCNCCCCS(=O)(=O)N(CC)c1cccc(F)c1. The van der Waals surface area contributed by atoms with Crippen LogP contribution in [0, 0.1) is 5.82 Å². The first-order valence-corrected chi connectivity index (χ1v) is 8.59. The fourth-order valence-corrected chi connectivity index (χ4v) is 3.61. The summed E-state index contributed by atoms with van der Waals surface area (Å²) in [6.07, 6.45) is 1.41. The van der Waals surface area contributed by atoms with Gasteiger partial charge in [0, 0.05) is 6.54 Å². The number of hydrogen-bond donors (Lipinski definition) is 1. The summed E-state index contributed by atoms with van der Waals surface area (Å²) in [7, 11) is -3.39. The Kier molecular flexibility index (Phi) is 6.95. The molecular formula is C14H23FN2O2S. The highest BCUT2D eigenvalue weighted by Gasteiger charge is 2.20. The molecule has 0 spiro atoms. The van der Waals surface area contributed by atoms with Crippen LogP contribution in [0.5, 0.6) is 0 Å². The van der Waals surface area contributed by atoms with Crippen LogP contribution in [-0.4, -0.2) is 33.8 Å². The van der Waals surface area contributed by atoms with Crippen molar-refractivity contribution in [2.24, 2.45) is 0 Å². The maximum absolute atomic E-state index is 13.2. The third kappa shape index (κ3) is 5.09. The molecule has 0 unspecified atom stereocenters. The molecule has 0 aliphatic carbocycles. The van der Waals surface area contributed by atoms with Crippen molar-refractivity contribution in [1.29, 1.82) is 0 Å². The Labute approximate surface area is 121 Å². The monoisotopic (exact) mass is 302 g/mol. The average molecular weight is 302 g/mol. The fraction of sp³-hybridized carbons (Fsp3) is 0.571. The number of anilines is 1. The van der Waals surface area contributed by atoms with Gasteiger partial charge in [-0.3, -0.25) is 4.31 Å². The van der Waals surface area contributed by atoms with Crippen molar-refractivity contribution < 1.29 is 12.8 Å². The second kappa shape index (κ2) is 8.21. The maximum Gasteiger partial charge on any atom is 0.235 e. The molecule has 0 heterocycles. The molecule has 0 aliphatic rings. The summed E-state index contributed by atoms with van der Waals surface area (Å²) in [5.41, 5.74) is 0.388. The van der Waals surface area contributed by atoms with Crippen LogP contribution in [0.4, 0.5) is 10.1 Å². The molecule has 0 aromatic heterocycles. The highest BCUT2D eigenvalue weighted by atomic mass is 32.2. The van der Waals surface area contributed by atoms with E-state index in [9.17, 15) is 12.8 Å². The summed E-state index contributed by atoms with van der Waals surface area (Å²) in [6.45, 7) is 5.77. The molecule has 114 valence electrons. The summed E-state index contributed by atoms with van der Waals surface area (Å²) < 4.78 is 39.1. The molecular weight excluding hydrogens is 279 g/mol. The van der Waals surface area contributed by atoms with Crippen LogP contribution in [0.3, 0.4) is 0 Å². The summed E-state index contributed by atoms with van der Waals surface area (Å²) in [4.78, 5) is 0. The molecule has 1 aromatic rings. The minimum Gasteiger partial charge on any atom is -0.317 e. The van der Waals surface area contributed by atoms with Crippen molar-refractivity contribution in [3.63, 3.8) is 0 Å². The smallest absolute Gasteiger partial charge is 0.235 e. The lowest BCUT2D eigenvalue weighted by Gasteiger charge is -2.22. The van der Waals surface area contributed by atoms with Crippen LogP contribution >= 0.6 is 0 Å². The van der Waals surface area contributed by atoms with Crippen molar-refractivity contribution in [1.82, 2.24) is 5.32 Å². The zero-order chi connectivity index (χ0) is 15.0. The minimum atomic E-state index is -3.39. The zero-order valence-electron chi connectivity index (χ0n) is 12.1.